The number of carbonyl (C=O) groups is 1. The molecule has 1 atom stereocenters. The molecule has 0 saturated carbocycles. The Kier molecular flexibility index (Phi) is 6.62. The summed E-state index contributed by atoms with van der Waals surface area (Å²) in [6, 6.07) is 14.5. The Hall–Kier alpha value is -2.90. The molecule has 1 heterocycles. The Labute approximate surface area is 168 Å². The summed E-state index contributed by atoms with van der Waals surface area (Å²) >= 11 is 5.90. The van der Waals surface area contributed by atoms with Gasteiger partial charge in [-0.15, -0.1) is 10.2 Å². The number of hydrogen-bond donors (Lipinski definition) is 2. The van der Waals surface area contributed by atoms with Crippen molar-refractivity contribution in [3.05, 3.63) is 59.4 Å². The van der Waals surface area contributed by atoms with E-state index in [2.05, 4.69) is 15.5 Å². The highest BCUT2D eigenvalue weighted by atomic mass is 35.5. The second kappa shape index (κ2) is 9.34. The Morgan fingerprint density at radius 1 is 1.18 bits per heavy atom. The van der Waals surface area contributed by atoms with E-state index in [9.17, 15) is 4.79 Å². The van der Waals surface area contributed by atoms with Crippen LogP contribution < -0.4 is 15.0 Å². The van der Waals surface area contributed by atoms with Gasteiger partial charge in [-0.3, -0.25) is 4.79 Å². The zero-order chi connectivity index (χ0) is 19.9. The van der Waals surface area contributed by atoms with Crippen LogP contribution in [-0.4, -0.2) is 36.3 Å². The summed E-state index contributed by atoms with van der Waals surface area (Å²) < 4.78 is 11.0. The van der Waals surface area contributed by atoms with Gasteiger partial charge >= 0.3 is 0 Å². The van der Waals surface area contributed by atoms with Crippen LogP contribution in [0.2, 0.25) is 5.02 Å². The van der Waals surface area contributed by atoms with E-state index in [0.717, 1.165) is 17.0 Å². The predicted molar refractivity (Wildman–Crippen MR) is 106 cm³/mol. The van der Waals surface area contributed by atoms with Gasteiger partial charge in [0.2, 0.25) is 5.89 Å². The molecule has 7 nitrogen and oxygen atoms in total. The number of nitrogens with one attached hydrogen (secondary N) is 2. The van der Waals surface area contributed by atoms with Crippen molar-refractivity contribution in [2.45, 2.75) is 13.5 Å². The quantitative estimate of drug-likeness (QED) is 0.606. The number of aromatic nitrogens is 2. The van der Waals surface area contributed by atoms with E-state index in [0.29, 0.717) is 34.8 Å². The number of methoxy groups -OCH3 is 1. The SMILES string of the molecule is CC[NH+](CC(=O)Nc1ccccc1OC)Cc1nnc(-c2ccc(Cl)cc2)o1. The number of carbonyl (C=O) groups excluding carboxylic acids is 1. The number of ether oxygens (including phenoxy) is 1. The number of anilines is 1. The minimum Gasteiger partial charge on any atom is -0.495 e. The van der Waals surface area contributed by atoms with Gasteiger partial charge < -0.3 is 19.4 Å². The van der Waals surface area contributed by atoms with Crippen LogP contribution in [0.4, 0.5) is 5.69 Å². The number of hydrogen-bond acceptors (Lipinski definition) is 5. The number of para-hydroxylation sites is 2. The van der Waals surface area contributed by atoms with Gasteiger partial charge in [0, 0.05) is 10.6 Å². The molecule has 1 aromatic heterocycles. The third-order valence-electron chi connectivity index (χ3n) is 4.25. The lowest BCUT2D eigenvalue weighted by molar-refractivity contribution is -0.905. The van der Waals surface area contributed by atoms with Crippen LogP contribution >= 0.6 is 11.6 Å². The summed E-state index contributed by atoms with van der Waals surface area (Å²) in [5, 5.41) is 11.7. The first-order valence-corrected chi connectivity index (χ1v) is 9.31. The number of nitrogens with zero attached hydrogens (tertiary/aromatic N) is 2. The summed E-state index contributed by atoms with van der Waals surface area (Å²) in [6.07, 6.45) is 0. The number of likely N-dealkylation sites (N-methyl/N-ethyl adjacent to an activating group) is 1. The van der Waals surface area contributed by atoms with E-state index in [-0.39, 0.29) is 12.5 Å². The van der Waals surface area contributed by atoms with Gasteiger partial charge in [0.05, 0.1) is 19.3 Å². The number of quaternary nitrogens is 1. The van der Waals surface area contributed by atoms with Crippen molar-refractivity contribution < 1.29 is 18.8 Å². The standard InChI is InChI=1S/C20H21ClN4O3/c1-3-25(12-18(26)22-16-6-4-5-7-17(16)27-2)13-19-23-24-20(28-19)14-8-10-15(21)11-9-14/h4-11H,3,12-13H2,1-2H3,(H,22,26)/p+1. The smallest absolute Gasteiger partial charge is 0.279 e. The van der Waals surface area contributed by atoms with E-state index in [4.69, 9.17) is 20.8 Å². The minimum atomic E-state index is -0.112. The number of rotatable bonds is 8. The number of halogens is 1. The van der Waals surface area contributed by atoms with Crippen molar-refractivity contribution in [1.29, 1.82) is 0 Å². The molecule has 1 amide bonds. The monoisotopic (exact) mass is 401 g/mol. The second-order valence-electron chi connectivity index (χ2n) is 6.21. The van der Waals surface area contributed by atoms with Crippen molar-refractivity contribution in [2.75, 3.05) is 25.5 Å². The molecule has 0 bridgehead atoms. The zero-order valence-corrected chi connectivity index (χ0v) is 16.5. The van der Waals surface area contributed by atoms with E-state index >= 15 is 0 Å². The van der Waals surface area contributed by atoms with Gasteiger partial charge in [-0.1, -0.05) is 23.7 Å². The fourth-order valence-corrected chi connectivity index (χ4v) is 2.86. The van der Waals surface area contributed by atoms with Gasteiger partial charge in [-0.25, -0.2) is 0 Å². The molecule has 0 aliphatic rings. The molecule has 0 aliphatic carbocycles. The lowest BCUT2D eigenvalue weighted by Crippen LogP contribution is -3.11. The Bertz CT molecular complexity index is 927. The largest absolute Gasteiger partial charge is 0.495 e. The molecule has 8 heteroatoms. The Morgan fingerprint density at radius 3 is 2.64 bits per heavy atom. The Balaban J connectivity index is 1.61. The average Bonchev–Trinajstić information content (AvgIpc) is 3.17. The van der Waals surface area contributed by atoms with Gasteiger partial charge in [0.1, 0.15) is 5.75 Å². The summed E-state index contributed by atoms with van der Waals surface area (Å²) in [5.41, 5.74) is 1.45. The van der Waals surface area contributed by atoms with Gasteiger partial charge in [0.25, 0.3) is 11.8 Å². The summed E-state index contributed by atoms with van der Waals surface area (Å²) in [7, 11) is 1.57. The highest BCUT2D eigenvalue weighted by Crippen LogP contribution is 2.22. The first kappa shape index (κ1) is 19.9. The lowest BCUT2D eigenvalue weighted by Gasteiger charge is -2.16. The van der Waals surface area contributed by atoms with E-state index in [1.807, 2.05) is 31.2 Å². The zero-order valence-electron chi connectivity index (χ0n) is 15.7. The summed E-state index contributed by atoms with van der Waals surface area (Å²) in [6.45, 7) is 3.46. The maximum Gasteiger partial charge on any atom is 0.279 e. The van der Waals surface area contributed by atoms with Crippen molar-refractivity contribution in [1.82, 2.24) is 10.2 Å². The van der Waals surface area contributed by atoms with Gasteiger partial charge in [-0.05, 0) is 43.3 Å². The molecule has 146 valence electrons. The predicted octanol–water partition coefficient (Wildman–Crippen LogP) is 2.44. The van der Waals surface area contributed by atoms with Gasteiger partial charge in [0.15, 0.2) is 13.1 Å². The van der Waals surface area contributed by atoms with Crippen LogP contribution in [0.5, 0.6) is 5.75 Å². The molecular weight excluding hydrogens is 380 g/mol. The van der Waals surface area contributed by atoms with E-state index in [1.165, 1.54) is 0 Å². The van der Waals surface area contributed by atoms with Crippen molar-refractivity contribution in [3.8, 4) is 17.2 Å². The maximum absolute atomic E-state index is 12.4. The number of amides is 1. The molecule has 2 N–H and O–H groups in total. The van der Waals surface area contributed by atoms with Crippen LogP contribution in [0.3, 0.4) is 0 Å². The summed E-state index contributed by atoms with van der Waals surface area (Å²) in [4.78, 5) is 13.4. The topological polar surface area (TPSA) is 81.7 Å². The van der Waals surface area contributed by atoms with Crippen molar-refractivity contribution >= 4 is 23.2 Å². The molecule has 0 radical (unpaired) electrons. The van der Waals surface area contributed by atoms with Crippen LogP contribution in [0.25, 0.3) is 11.5 Å². The molecule has 0 spiro atoms. The highest BCUT2D eigenvalue weighted by Gasteiger charge is 2.18. The third kappa shape index (κ3) is 5.09. The average molecular weight is 402 g/mol. The Morgan fingerprint density at radius 2 is 1.93 bits per heavy atom. The normalized spacial score (nSPS) is 11.8. The molecule has 0 fully saturated rings. The van der Waals surface area contributed by atoms with Crippen molar-refractivity contribution in [3.63, 3.8) is 0 Å². The highest BCUT2D eigenvalue weighted by molar-refractivity contribution is 6.30. The maximum atomic E-state index is 12.4. The first-order chi connectivity index (χ1) is 13.6. The van der Waals surface area contributed by atoms with Crippen LogP contribution in [0.1, 0.15) is 12.8 Å². The van der Waals surface area contributed by atoms with E-state index < -0.39 is 0 Å². The van der Waals surface area contributed by atoms with Crippen LogP contribution in [-0.2, 0) is 11.3 Å². The van der Waals surface area contributed by atoms with Crippen LogP contribution in [0, 0.1) is 0 Å². The lowest BCUT2D eigenvalue weighted by atomic mass is 10.2. The molecular formula is C20H22ClN4O3+. The molecule has 0 saturated heterocycles. The fraction of sp³-hybridized carbons (Fsp3) is 0.250. The number of benzene rings is 2. The van der Waals surface area contributed by atoms with Gasteiger partial charge in [-0.2, -0.15) is 0 Å². The second-order valence-corrected chi connectivity index (χ2v) is 6.65. The molecule has 0 aliphatic heterocycles. The minimum absolute atomic E-state index is 0.112. The third-order valence-corrected chi connectivity index (χ3v) is 4.50. The van der Waals surface area contributed by atoms with Crippen molar-refractivity contribution in [2.24, 2.45) is 0 Å². The fourth-order valence-electron chi connectivity index (χ4n) is 2.73. The molecule has 3 rings (SSSR count). The molecule has 1 unspecified atom stereocenters. The molecule has 3 aromatic rings. The van der Waals surface area contributed by atoms with E-state index in [1.54, 1.807) is 31.4 Å². The van der Waals surface area contributed by atoms with Crippen LogP contribution in [0.15, 0.2) is 52.9 Å². The molecule has 2 aromatic carbocycles. The first-order valence-electron chi connectivity index (χ1n) is 8.93. The summed E-state index contributed by atoms with van der Waals surface area (Å²) in [5.74, 6) is 1.42. The molecule has 28 heavy (non-hydrogen) atoms.